The van der Waals surface area contributed by atoms with Gasteiger partial charge in [-0.2, -0.15) is 4.39 Å². The maximum absolute atomic E-state index is 13.2. The molecule has 0 aliphatic heterocycles. The van der Waals surface area contributed by atoms with Gasteiger partial charge in [0, 0.05) is 1.43 Å². The number of aromatic nitrogens is 4. The fourth-order valence-corrected chi connectivity index (χ4v) is 1.97. The zero-order valence-corrected chi connectivity index (χ0v) is 13.2. The normalized spacial score (nSPS) is 10.7. The zero-order chi connectivity index (χ0) is 18.4. The molecular weight excluding hydrogens is 341 g/mol. The van der Waals surface area contributed by atoms with Crippen LogP contribution < -0.4 is 15.8 Å². The molecule has 0 saturated carbocycles. The molecule has 0 spiro atoms. The van der Waals surface area contributed by atoms with E-state index in [0.29, 0.717) is 5.75 Å². The maximum atomic E-state index is 13.2. The summed E-state index contributed by atoms with van der Waals surface area (Å²) in [7, 11) is 0. The van der Waals surface area contributed by atoms with E-state index in [1.54, 1.807) is 0 Å². The molecule has 10 heteroatoms. The molecule has 26 heavy (non-hydrogen) atoms. The van der Waals surface area contributed by atoms with Gasteiger partial charge in [-0.25, -0.2) is 24.9 Å². The van der Waals surface area contributed by atoms with Crippen molar-refractivity contribution in [3.05, 3.63) is 60.7 Å². The third-order valence-electron chi connectivity index (χ3n) is 3.01. The number of nitrogens with two attached hydrogens (primary N) is 1. The number of nitrogens with one attached hydrogen (secondary N) is 1. The highest BCUT2D eigenvalue weighted by Gasteiger charge is 2.15. The van der Waals surface area contributed by atoms with Crippen LogP contribution >= 0.6 is 0 Å². The van der Waals surface area contributed by atoms with E-state index in [9.17, 15) is 9.18 Å². The average molecular weight is 355 g/mol. The standard InChI is InChI=1S/C16H12FN7O2.H2/c17-13-2-1-3-14(23-13)24-16(25)12-4-10(7-21-15(12)22-8-18)26-11-5-19-9-20-6-11;/h1-9H,(H2,18,21,22)(H,23,24,25);1H. The topological polar surface area (TPSA) is 128 Å². The van der Waals surface area contributed by atoms with Crippen LogP contribution in [0.3, 0.4) is 0 Å². The van der Waals surface area contributed by atoms with E-state index in [0.717, 1.165) is 12.4 Å². The van der Waals surface area contributed by atoms with E-state index in [2.05, 4.69) is 30.2 Å². The molecule has 0 bridgehead atoms. The Morgan fingerprint density at radius 2 is 2.08 bits per heavy atom. The van der Waals surface area contributed by atoms with Gasteiger partial charge in [0.15, 0.2) is 11.6 Å². The summed E-state index contributed by atoms with van der Waals surface area (Å²) in [6.07, 6.45) is 6.64. The van der Waals surface area contributed by atoms with Gasteiger partial charge in [-0.05, 0) is 18.2 Å². The number of anilines is 1. The summed E-state index contributed by atoms with van der Waals surface area (Å²) in [4.78, 5) is 31.6. The fraction of sp³-hybridized carbons (Fsp3) is 0. The largest absolute Gasteiger partial charge is 0.452 e. The number of aliphatic imine (C=N–C) groups is 1. The van der Waals surface area contributed by atoms with Crippen molar-refractivity contribution in [3.8, 4) is 11.5 Å². The third-order valence-corrected chi connectivity index (χ3v) is 3.01. The first kappa shape index (κ1) is 16.9. The first-order chi connectivity index (χ1) is 12.7. The molecular formula is C16H14FN7O2. The van der Waals surface area contributed by atoms with Gasteiger partial charge in [-0.1, -0.05) is 6.07 Å². The van der Waals surface area contributed by atoms with Crippen LogP contribution in [-0.2, 0) is 0 Å². The molecule has 0 radical (unpaired) electrons. The second-order valence-corrected chi connectivity index (χ2v) is 4.80. The summed E-state index contributed by atoms with van der Waals surface area (Å²) < 4.78 is 18.7. The lowest BCUT2D eigenvalue weighted by Crippen LogP contribution is -2.14. The summed E-state index contributed by atoms with van der Waals surface area (Å²) in [5, 5.41) is 2.46. The predicted molar refractivity (Wildman–Crippen MR) is 92.9 cm³/mol. The van der Waals surface area contributed by atoms with E-state index < -0.39 is 11.9 Å². The van der Waals surface area contributed by atoms with E-state index in [1.807, 2.05) is 0 Å². The number of carbonyl (C=O) groups excluding carboxylic acids is 1. The quantitative estimate of drug-likeness (QED) is 0.408. The SMILES string of the molecule is N/C=N\c1ncc(Oc2cncnc2)cc1C(=O)Nc1cccc(F)n1.[HH]. The van der Waals surface area contributed by atoms with Crippen LogP contribution in [0.15, 0.2) is 54.2 Å². The number of ether oxygens (including phenoxy) is 1. The molecule has 3 N–H and O–H groups in total. The smallest absolute Gasteiger partial charge is 0.260 e. The van der Waals surface area contributed by atoms with Crippen LogP contribution in [0, 0.1) is 5.95 Å². The number of hydrogen-bond acceptors (Lipinski definition) is 7. The third kappa shape index (κ3) is 4.12. The van der Waals surface area contributed by atoms with Crippen molar-refractivity contribution >= 4 is 23.9 Å². The Balaban J connectivity index is 0.00000261. The first-order valence-electron chi connectivity index (χ1n) is 7.27. The highest BCUT2D eigenvalue weighted by molar-refractivity contribution is 6.07. The van der Waals surface area contributed by atoms with Crippen LogP contribution in [0.1, 0.15) is 11.8 Å². The first-order valence-corrected chi connectivity index (χ1v) is 7.27. The maximum Gasteiger partial charge on any atom is 0.260 e. The van der Waals surface area contributed by atoms with Crippen molar-refractivity contribution in [1.29, 1.82) is 0 Å². The minimum Gasteiger partial charge on any atom is -0.452 e. The Kier molecular flexibility index (Phi) is 5.03. The van der Waals surface area contributed by atoms with Gasteiger partial charge >= 0.3 is 0 Å². The highest BCUT2D eigenvalue weighted by Crippen LogP contribution is 2.25. The molecule has 0 aromatic carbocycles. The summed E-state index contributed by atoms with van der Waals surface area (Å²) in [5.74, 6) is -0.595. The van der Waals surface area contributed by atoms with Crippen LogP contribution in [-0.4, -0.2) is 32.2 Å². The minimum absolute atomic E-state index is 0. The molecule has 3 aromatic rings. The Bertz CT molecular complexity index is 957. The number of halogens is 1. The molecule has 132 valence electrons. The van der Waals surface area contributed by atoms with Crippen LogP contribution in [0.5, 0.6) is 11.5 Å². The number of amides is 1. The number of rotatable bonds is 5. The van der Waals surface area contributed by atoms with Crippen molar-refractivity contribution in [1.82, 2.24) is 19.9 Å². The van der Waals surface area contributed by atoms with Gasteiger partial charge < -0.3 is 15.8 Å². The summed E-state index contributed by atoms with van der Waals surface area (Å²) in [6, 6.07) is 5.45. The monoisotopic (exact) mass is 355 g/mol. The lowest BCUT2D eigenvalue weighted by molar-refractivity contribution is 0.102. The van der Waals surface area contributed by atoms with E-state index in [-0.39, 0.29) is 24.4 Å². The summed E-state index contributed by atoms with van der Waals surface area (Å²) in [6.45, 7) is 0. The lowest BCUT2D eigenvalue weighted by atomic mass is 10.2. The van der Waals surface area contributed by atoms with Gasteiger partial charge in [0.1, 0.15) is 17.9 Å². The van der Waals surface area contributed by atoms with Crippen LogP contribution in [0.2, 0.25) is 0 Å². The number of hydrogen-bond donors (Lipinski definition) is 2. The van der Waals surface area contributed by atoms with Crippen molar-refractivity contribution in [3.63, 3.8) is 0 Å². The predicted octanol–water partition coefficient (Wildman–Crippen LogP) is 2.31. The van der Waals surface area contributed by atoms with Crippen LogP contribution in [0.4, 0.5) is 16.0 Å². The molecule has 9 nitrogen and oxygen atoms in total. The van der Waals surface area contributed by atoms with Gasteiger partial charge in [0.25, 0.3) is 5.91 Å². The summed E-state index contributed by atoms with van der Waals surface area (Å²) in [5.41, 5.74) is 5.35. The van der Waals surface area contributed by atoms with Gasteiger partial charge in [-0.15, -0.1) is 0 Å². The van der Waals surface area contributed by atoms with Gasteiger partial charge in [-0.3, -0.25) is 4.79 Å². The van der Waals surface area contributed by atoms with Crippen molar-refractivity contribution in [2.45, 2.75) is 0 Å². The number of pyridine rings is 2. The average Bonchev–Trinajstić information content (AvgIpc) is 2.64. The lowest BCUT2D eigenvalue weighted by Gasteiger charge is -2.09. The fourth-order valence-electron chi connectivity index (χ4n) is 1.97. The molecule has 3 aromatic heterocycles. The Labute approximate surface area is 148 Å². The molecule has 1 amide bonds. The second-order valence-electron chi connectivity index (χ2n) is 4.80. The molecule has 0 fully saturated rings. The van der Waals surface area contributed by atoms with E-state index in [4.69, 9.17) is 10.5 Å². The van der Waals surface area contributed by atoms with Crippen molar-refractivity contribution < 1.29 is 15.3 Å². The molecule has 3 rings (SSSR count). The molecule has 0 aliphatic carbocycles. The highest BCUT2D eigenvalue weighted by atomic mass is 19.1. The Morgan fingerprint density at radius 3 is 2.81 bits per heavy atom. The van der Waals surface area contributed by atoms with Gasteiger partial charge in [0.05, 0.1) is 30.5 Å². The van der Waals surface area contributed by atoms with Crippen molar-refractivity contribution in [2.75, 3.05) is 5.32 Å². The summed E-state index contributed by atoms with van der Waals surface area (Å²) >= 11 is 0. The number of nitrogens with zero attached hydrogens (tertiary/aromatic N) is 5. The molecule has 0 atom stereocenters. The van der Waals surface area contributed by atoms with Gasteiger partial charge in [0.2, 0.25) is 5.95 Å². The molecule has 0 saturated heterocycles. The molecule has 0 unspecified atom stereocenters. The van der Waals surface area contributed by atoms with E-state index in [1.165, 1.54) is 43.1 Å². The number of carbonyl (C=O) groups is 1. The minimum atomic E-state index is -0.720. The Morgan fingerprint density at radius 1 is 1.27 bits per heavy atom. The van der Waals surface area contributed by atoms with Crippen LogP contribution in [0.25, 0.3) is 0 Å². The molecule has 3 heterocycles. The van der Waals surface area contributed by atoms with E-state index >= 15 is 0 Å². The zero-order valence-electron chi connectivity index (χ0n) is 13.2. The second kappa shape index (κ2) is 7.75. The molecule has 0 aliphatic rings. The Hall–Kier alpha value is -3.95. The van der Waals surface area contributed by atoms with Crippen molar-refractivity contribution in [2.24, 2.45) is 10.7 Å².